The molecule has 2 nitrogen and oxygen atoms in total. The third-order valence-corrected chi connectivity index (χ3v) is 1.11. The smallest absolute Gasteiger partial charge is 0 e. The van der Waals surface area contributed by atoms with Gasteiger partial charge in [0.2, 0.25) is 0 Å². The third-order valence-electron chi connectivity index (χ3n) is 1.11. The SMILES string of the molecule is CC#N.F[B-](F)(F)F.F[B-](F)(F)F.[C-]#[O+].[CH]1[CH][CH][CH][CH]1.[CH]1[CH][CH][CH][CH]1.[W]. The standard InChI is InChI=1S/2C5H5.C2H3N.CO.2BF4.W/c2*1-2-4-5-3-1;1-2-3;1-2;2*2-1(3,4)5;/h2*1-5H;1H3;;;;/q;;;;2*-1;. The molecule has 0 aromatic heterocycles. The van der Waals surface area contributed by atoms with Gasteiger partial charge in [-0.25, -0.2) is 0 Å². The van der Waals surface area contributed by atoms with Crippen LogP contribution in [0.15, 0.2) is 0 Å². The fourth-order valence-corrected chi connectivity index (χ4v) is 0.642. The molecule has 0 aliphatic heterocycles. The zero-order chi connectivity index (χ0) is 20.8. The van der Waals surface area contributed by atoms with Crippen molar-refractivity contribution < 1.29 is 60.2 Å². The summed E-state index contributed by atoms with van der Waals surface area (Å²) in [7, 11) is -12.0. The molecule has 0 saturated heterocycles. The van der Waals surface area contributed by atoms with E-state index in [-0.39, 0.29) is 21.1 Å². The Morgan fingerprint density at radius 3 is 0.692 bits per heavy atom. The Bertz CT molecular complexity index is 265. The zero-order valence-electron chi connectivity index (χ0n) is 13.2. The van der Waals surface area contributed by atoms with E-state index in [2.05, 4.69) is 6.65 Å². The summed E-state index contributed by atoms with van der Waals surface area (Å²) in [5.41, 5.74) is 0. The van der Waals surface area contributed by atoms with Gasteiger partial charge in [-0.3, -0.25) is 0 Å². The quantitative estimate of drug-likeness (QED) is 0.177. The molecule has 0 heterocycles. The number of hydrogen-bond acceptors (Lipinski definition) is 1. The number of nitrogens with zero attached hydrogens (tertiary/aromatic N) is 1. The van der Waals surface area contributed by atoms with Crippen molar-refractivity contribution in [2.24, 2.45) is 0 Å². The third kappa shape index (κ3) is 132. The Kier molecular flexibility index (Phi) is 37.4. The number of halogens is 8. The normalized spacial score (nSPS) is 14.2. The maximum absolute atomic E-state index is 9.75. The van der Waals surface area contributed by atoms with Gasteiger partial charge in [0.1, 0.15) is 0 Å². The molecule has 0 amide bonds. The monoisotopic (exact) mass is 557 g/mol. The molecular weight excluding hydrogens is 544 g/mol. The van der Waals surface area contributed by atoms with Gasteiger partial charge in [0.05, 0.1) is 6.07 Å². The summed E-state index contributed by atoms with van der Waals surface area (Å²) in [6.45, 7) is 5.93. The van der Waals surface area contributed by atoms with Crippen molar-refractivity contribution in [3.8, 4) is 6.07 Å². The van der Waals surface area contributed by atoms with Crippen molar-refractivity contribution in [1.29, 1.82) is 5.26 Å². The van der Waals surface area contributed by atoms with Gasteiger partial charge in [0.15, 0.2) is 0 Å². The Morgan fingerprint density at radius 2 is 0.654 bits per heavy atom. The van der Waals surface area contributed by atoms with E-state index < -0.39 is 14.5 Å². The Balaban J connectivity index is -0.0000000690. The van der Waals surface area contributed by atoms with Crippen molar-refractivity contribution in [2.75, 3.05) is 0 Å². The molecule has 2 rings (SSSR count). The van der Waals surface area contributed by atoms with E-state index in [4.69, 9.17) is 9.91 Å². The van der Waals surface area contributed by atoms with Crippen molar-refractivity contribution in [2.45, 2.75) is 6.92 Å². The van der Waals surface area contributed by atoms with Crippen molar-refractivity contribution in [3.05, 3.63) is 70.9 Å². The minimum absolute atomic E-state index is 0. The molecule has 2 fully saturated rings. The molecule has 2 aliphatic carbocycles. The van der Waals surface area contributed by atoms with Crippen LogP contribution in [-0.4, -0.2) is 14.5 Å². The number of nitriles is 1. The first-order valence-corrected chi connectivity index (χ1v) is 6.01. The van der Waals surface area contributed by atoms with E-state index in [0.717, 1.165) is 0 Å². The maximum atomic E-state index is 9.75. The molecule has 0 unspecified atom stereocenters. The van der Waals surface area contributed by atoms with Crippen molar-refractivity contribution >= 4 is 14.5 Å². The summed E-state index contributed by atoms with van der Waals surface area (Å²) in [5, 5.41) is 7.32. The molecule has 0 spiro atoms. The summed E-state index contributed by atoms with van der Waals surface area (Å²) in [6, 6.07) is 1.75. The van der Waals surface area contributed by atoms with E-state index in [1.807, 2.05) is 64.2 Å². The van der Waals surface area contributed by atoms with Gasteiger partial charge in [0.25, 0.3) is 0 Å². The predicted molar refractivity (Wildman–Crippen MR) is 78.6 cm³/mol. The Hall–Kier alpha value is -0.512. The van der Waals surface area contributed by atoms with E-state index >= 15 is 0 Å². The second-order valence-corrected chi connectivity index (χ2v) is 3.14. The summed E-state index contributed by atoms with van der Waals surface area (Å²) in [4.78, 5) is 0. The summed E-state index contributed by atoms with van der Waals surface area (Å²) in [5.74, 6) is 0. The Morgan fingerprint density at radius 1 is 0.615 bits per heavy atom. The van der Waals surface area contributed by atoms with Gasteiger partial charge in [-0.15, -0.1) is 0 Å². The molecular formula is C13H13B2F8NOW-2. The molecule has 0 bridgehead atoms. The number of rotatable bonds is 0. The van der Waals surface area contributed by atoms with E-state index in [1.165, 1.54) is 6.92 Å². The first kappa shape index (κ1) is 36.4. The van der Waals surface area contributed by atoms with Crippen LogP contribution in [0.3, 0.4) is 0 Å². The molecule has 13 heteroatoms. The van der Waals surface area contributed by atoms with Gasteiger partial charge in [-0.1, -0.05) is 0 Å². The molecule has 0 aromatic carbocycles. The van der Waals surface area contributed by atoms with Crippen LogP contribution in [0.2, 0.25) is 0 Å². The van der Waals surface area contributed by atoms with Crippen molar-refractivity contribution in [3.63, 3.8) is 0 Å². The topological polar surface area (TPSA) is 43.7 Å². The second-order valence-electron chi connectivity index (χ2n) is 3.14. The van der Waals surface area contributed by atoms with Crippen LogP contribution in [0, 0.1) is 82.2 Å². The van der Waals surface area contributed by atoms with Gasteiger partial charge in [-0.05, 0) is 64.2 Å². The summed E-state index contributed by atoms with van der Waals surface area (Å²) < 4.78 is 85.5. The van der Waals surface area contributed by atoms with E-state index in [9.17, 15) is 34.5 Å². The zero-order valence-corrected chi connectivity index (χ0v) is 16.1. The van der Waals surface area contributed by atoms with Crippen LogP contribution in [0.25, 0.3) is 0 Å². The van der Waals surface area contributed by atoms with Crippen LogP contribution in [-0.2, 0) is 25.7 Å². The van der Waals surface area contributed by atoms with Gasteiger partial charge in [0, 0.05) is 28.0 Å². The van der Waals surface area contributed by atoms with Crippen LogP contribution in [0.5, 0.6) is 0 Å². The van der Waals surface area contributed by atoms with Crippen LogP contribution < -0.4 is 0 Å². The minimum atomic E-state index is -6.00. The predicted octanol–water partition coefficient (Wildman–Crippen LogP) is 5.13. The van der Waals surface area contributed by atoms with Crippen LogP contribution in [0.1, 0.15) is 6.92 Å². The molecule has 0 aromatic rings. The largest absolute Gasteiger partial charge is 0.0312 e. The number of hydrogen-bond donors (Lipinski definition) is 0. The second kappa shape index (κ2) is 26.7. The Labute approximate surface area is 164 Å². The molecule has 26 heavy (non-hydrogen) atoms. The molecule has 0 N–H and O–H groups in total. The van der Waals surface area contributed by atoms with Gasteiger partial charge < -0.3 is 34.5 Å². The van der Waals surface area contributed by atoms with Gasteiger partial charge in [-0.2, -0.15) is 5.26 Å². The summed E-state index contributed by atoms with van der Waals surface area (Å²) in [6.07, 6.45) is 20.0. The maximum Gasteiger partial charge on any atom is 0 e. The van der Waals surface area contributed by atoms with E-state index in [1.54, 1.807) is 6.07 Å². The fraction of sp³-hybridized carbons (Fsp3) is 0.0769. The molecule has 10 radical (unpaired) electrons. The van der Waals surface area contributed by atoms with Gasteiger partial charge >= 0.3 is 25.8 Å². The average molecular weight is 557 g/mol. The summed E-state index contributed by atoms with van der Waals surface area (Å²) >= 11 is 0. The molecule has 0 atom stereocenters. The van der Waals surface area contributed by atoms with Crippen molar-refractivity contribution in [1.82, 2.24) is 0 Å². The molecule has 146 valence electrons. The van der Waals surface area contributed by atoms with Crippen LogP contribution in [0.4, 0.5) is 34.5 Å². The van der Waals surface area contributed by atoms with Crippen LogP contribution >= 0.6 is 0 Å². The van der Waals surface area contributed by atoms with E-state index in [0.29, 0.717) is 0 Å². The minimum Gasteiger partial charge on any atom is -0.0312 e. The first-order chi connectivity index (χ1) is 11.4. The molecule has 2 aliphatic rings. The fourth-order valence-electron chi connectivity index (χ4n) is 0.642. The average Bonchev–Trinajstić information content (AvgIpc) is 3.17. The molecule has 2 saturated carbocycles. The first-order valence-electron chi connectivity index (χ1n) is 6.01.